The number of aromatic nitrogens is 1. The monoisotopic (exact) mass is 677 g/mol. The molecule has 2 aliphatic carbocycles. The van der Waals surface area contributed by atoms with E-state index in [1.54, 1.807) is 36.0 Å². The van der Waals surface area contributed by atoms with Gasteiger partial charge in [-0.05, 0) is 66.1 Å². The van der Waals surface area contributed by atoms with Gasteiger partial charge < -0.3 is 15.0 Å². The second kappa shape index (κ2) is 11.1. The van der Waals surface area contributed by atoms with Gasteiger partial charge in [0.25, 0.3) is 5.91 Å². The third-order valence-electron chi connectivity index (χ3n) is 9.85. The summed E-state index contributed by atoms with van der Waals surface area (Å²) in [6, 6.07) is 20.9. The molecule has 1 aromatic heterocycles. The number of fused-ring (bicyclic) bond motifs is 9. The van der Waals surface area contributed by atoms with Gasteiger partial charge >= 0.3 is 11.0 Å². The fourth-order valence-electron chi connectivity index (χ4n) is 8.17. The van der Waals surface area contributed by atoms with Crippen molar-refractivity contribution >= 4 is 52.2 Å². The number of benzene rings is 3. The van der Waals surface area contributed by atoms with E-state index < -0.39 is 30.2 Å². The molecule has 4 aromatic rings. The Labute approximate surface area is 274 Å². The van der Waals surface area contributed by atoms with Crippen molar-refractivity contribution in [2.75, 3.05) is 16.8 Å². The molecule has 3 amide bonds. The van der Waals surface area contributed by atoms with Crippen LogP contribution in [0, 0.1) is 29.6 Å². The number of aromatic amines is 1. The van der Waals surface area contributed by atoms with Gasteiger partial charge in [0.1, 0.15) is 5.75 Å². The molecule has 47 heavy (non-hydrogen) atoms. The number of imide groups is 1. The molecule has 3 aromatic carbocycles. The van der Waals surface area contributed by atoms with Crippen molar-refractivity contribution in [2.24, 2.45) is 29.6 Å². The van der Waals surface area contributed by atoms with Crippen LogP contribution in [0.25, 0.3) is 0 Å². The number of anilines is 2. The first-order chi connectivity index (χ1) is 22.6. The Balaban J connectivity index is 1.03. The molecule has 2 aliphatic heterocycles. The van der Waals surface area contributed by atoms with Crippen LogP contribution < -0.4 is 19.8 Å². The lowest BCUT2D eigenvalue weighted by Crippen LogP contribution is -2.42. The number of hydrogen-bond acceptors (Lipinski definition) is 7. The normalized spacial score (nSPS) is 27.4. The Hall–Kier alpha value is -4.36. The third kappa shape index (κ3) is 4.89. The zero-order chi connectivity index (χ0) is 32.6. The van der Waals surface area contributed by atoms with E-state index in [0.717, 1.165) is 39.3 Å². The Morgan fingerprint density at radius 2 is 1.60 bits per heavy atom. The molecule has 1 saturated heterocycles. The average Bonchev–Trinajstić information content (AvgIpc) is 3.79. The highest BCUT2D eigenvalue weighted by Gasteiger charge is 2.69. The smallest absolute Gasteiger partial charge is 0.418 e. The second-order valence-corrected chi connectivity index (χ2v) is 14.5. The lowest BCUT2D eigenvalue weighted by Gasteiger charge is -2.43. The number of hydrogen-bond donors (Lipinski definition) is 2. The van der Waals surface area contributed by atoms with Crippen LogP contribution >= 0.6 is 23.1 Å². The number of para-hydroxylation sites is 2. The van der Waals surface area contributed by atoms with Crippen LogP contribution in [-0.2, 0) is 20.6 Å². The topological polar surface area (TPSA) is 109 Å². The Morgan fingerprint density at radius 1 is 0.915 bits per heavy atom. The predicted octanol–water partition coefficient (Wildman–Crippen LogP) is 6.15. The molecule has 2 bridgehead atoms. The molecule has 3 fully saturated rings. The fourth-order valence-corrected chi connectivity index (χ4v) is 11.1. The van der Waals surface area contributed by atoms with Gasteiger partial charge in [-0.3, -0.25) is 24.1 Å². The quantitative estimate of drug-likeness (QED) is 0.237. The summed E-state index contributed by atoms with van der Waals surface area (Å²) in [7, 11) is 0. The van der Waals surface area contributed by atoms with Gasteiger partial charge in [-0.2, -0.15) is 13.2 Å². The third-order valence-corrected chi connectivity index (χ3v) is 12.4. The summed E-state index contributed by atoms with van der Waals surface area (Å²) < 4.78 is 45.6. The minimum absolute atomic E-state index is 0.00666. The number of nitrogens with zero attached hydrogens (tertiary/aromatic N) is 1. The van der Waals surface area contributed by atoms with E-state index in [1.807, 2.05) is 30.3 Å². The van der Waals surface area contributed by atoms with E-state index in [1.165, 1.54) is 23.1 Å². The largest absolute Gasteiger partial charge is 0.484 e. The average molecular weight is 678 g/mol. The summed E-state index contributed by atoms with van der Waals surface area (Å²) in [6.45, 7) is -0.499. The van der Waals surface area contributed by atoms with Crippen LogP contribution in [0.5, 0.6) is 5.75 Å². The van der Waals surface area contributed by atoms with Crippen molar-refractivity contribution in [1.29, 1.82) is 0 Å². The van der Waals surface area contributed by atoms with E-state index >= 15 is 0 Å². The SMILES string of the molecule is O=C(COc1ccc([C@H]2c3sc(=O)[nH]c3SC3C2[C@H]2C[C@@H]3C3C(=O)N(c4ccccc4)C(=O)C32)cc1)Nc1ccccc1C(F)(F)F. The first-order valence-corrected chi connectivity index (χ1v) is 16.8. The van der Waals surface area contributed by atoms with E-state index in [9.17, 15) is 32.3 Å². The lowest BCUT2D eigenvalue weighted by molar-refractivity contribution is -0.137. The molecule has 4 aliphatic rings. The lowest BCUT2D eigenvalue weighted by atomic mass is 9.68. The Bertz CT molecular complexity index is 1960. The van der Waals surface area contributed by atoms with E-state index in [0.29, 0.717) is 11.4 Å². The maximum Gasteiger partial charge on any atom is 0.418 e. The van der Waals surface area contributed by atoms with Gasteiger partial charge in [-0.25, -0.2) is 0 Å². The molecule has 0 radical (unpaired) electrons. The van der Waals surface area contributed by atoms with Crippen LogP contribution in [0.3, 0.4) is 0 Å². The minimum atomic E-state index is -4.62. The van der Waals surface area contributed by atoms with Crippen LogP contribution in [0.1, 0.15) is 28.3 Å². The van der Waals surface area contributed by atoms with Gasteiger partial charge in [0.2, 0.25) is 11.8 Å². The van der Waals surface area contributed by atoms with Gasteiger partial charge in [0, 0.05) is 16.0 Å². The second-order valence-electron chi connectivity index (χ2n) is 12.3. The van der Waals surface area contributed by atoms with Gasteiger partial charge in [-0.1, -0.05) is 53.8 Å². The molecule has 8 rings (SSSR count). The van der Waals surface area contributed by atoms with Gasteiger partial charge in [-0.15, -0.1) is 11.8 Å². The Kier molecular flexibility index (Phi) is 7.10. The molecule has 3 heterocycles. The molecule has 0 spiro atoms. The Morgan fingerprint density at radius 3 is 2.32 bits per heavy atom. The number of thiazole rings is 1. The summed E-state index contributed by atoms with van der Waals surface area (Å²) in [6.07, 6.45) is -3.85. The van der Waals surface area contributed by atoms with Crippen molar-refractivity contribution in [1.82, 2.24) is 4.98 Å². The molecule has 8 nitrogen and oxygen atoms in total. The van der Waals surface area contributed by atoms with Gasteiger partial charge in [0.05, 0.1) is 33.8 Å². The summed E-state index contributed by atoms with van der Waals surface area (Å²) in [5, 5.41) is 3.10. The zero-order valence-corrected chi connectivity index (χ0v) is 26.0. The van der Waals surface area contributed by atoms with E-state index in [4.69, 9.17) is 4.74 Å². The van der Waals surface area contributed by atoms with Gasteiger partial charge in [0.15, 0.2) is 6.61 Å². The number of alkyl halides is 3. The summed E-state index contributed by atoms with van der Waals surface area (Å²) >= 11 is 2.77. The van der Waals surface area contributed by atoms with E-state index in [-0.39, 0.29) is 57.2 Å². The van der Waals surface area contributed by atoms with E-state index in [2.05, 4.69) is 10.3 Å². The van der Waals surface area contributed by atoms with Crippen molar-refractivity contribution in [3.63, 3.8) is 0 Å². The maximum atomic E-state index is 13.8. The number of amides is 3. The first-order valence-electron chi connectivity index (χ1n) is 15.1. The van der Waals surface area contributed by atoms with Crippen molar-refractivity contribution in [3.8, 4) is 5.75 Å². The number of H-pyrrole nitrogens is 1. The number of halogens is 3. The molecule has 240 valence electrons. The number of rotatable bonds is 6. The van der Waals surface area contributed by atoms with Crippen molar-refractivity contribution < 1.29 is 32.3 Å². The predicted molar refractivity (Wildman–Crippen MR) is 169 cm³/mol. The minimum Gasteiger partial charge on any atom is -0.484 e. The molecule has 2 N–H and O–H groups in total. The highest BCUT2D eigenvalue weighted by Crippen LogP contribution is 2.68. The highest BCUT2D eigenvalue weighted by atomic mass is 32.2. The maximum absolute atomic E-state index is 13.8. The van der Waals surface area contributed by atoms with Crippen LogP contribution in [0.2, 0.25) is 0 Å². The van der Waals surface area contributed by atoms with Crippen molar-refractivity contribution in [2.45, 2.75) is 28.8 Å². The fraction of sp³-hybridized carbons (Fsp3) is 0.294. The summed E-state index contributed by atoms with van der Waals surface area (Å²) in [4.78, 5) is 57.7. The molecule has 7 atom stereocenters. The number of carbonyl (C=O) groups excluding carboxylic acids is 3. The number of carbonyl (C=O) groups is 3. The zero-order valence-electron chi connectivity index (χ0n) is 24.4. The number of thioether (sulfide) groups is 1. The molecule has 4 unspecified atom stereocenters. The highest BCUT2D eigenvalue weighted by molar-refractivity contribution is 8.00. The molecule has 13 heteroatoms. The molecular weight excluding hydrogens is 652 g/mol. The molecular formula is C34H26F3N3O5S2. The number of ether oxygens (including phenoxy) is 1. The summed E-state index contributed by atoms with van der Waals surface area (Å²) in [5.74, 6) is -1.73. The van der Waals surface area contributed by atoms with Crippen LogP contribution in [0.15, 0.2) is 88.7 Å². The van der Waals surface area contributed by atoms with Crippen LogP contribution in [0.4, 0.5) is 24.5 Å². The standard InChI is InChI=1S/C34H26F3N3O5S2/c35-34(36,37)21-8-4-5-9-22(21)38-23(41)15-45-18-12-10-16(11-13-18)24-25-19-14-20(28(25)46-30-29(24)47-33(44)39-30)27-26(19)31(42)40(32(27)43)17-6-2-1-3-7-17/h1-13,19-20,24-28H,14-15H2,(H,38,41)(H,39,44)/t19-,20-,24-,25?,26?,27?,28?/m1/s1. The molecule has 2 saturated carbocycles. The number of nitrogens with one attached hydrogen (secondary N) is 2. The first kappa shape index (κ1) is 30.0. The summed E-state index contributed by atoms with van der Waals surface area (Å²) in [5.41, 5.74) is 0.197. The van der Waals surface area contributed by atoms with Crippen LogP contribution in [-0.4, -0.2) is 34.6 Å². The van der Waals surface area contributed by atoms with Crippen molar-refractivity contribution in [3.05, 3.63) is 105 Å².